The summed E-state index contributed by atoms with van der Waals surface area (Å²) in [7, 11) is 0. The summed E-state index contributed by atoms with van der Waals surface area (Å²) in [6.45, 7) is 3.78. The van der Waals surface area contributed by atoms with Gasteiger partial charge < -0.3 is 9.88 Å². The third kappa shape index (κ3) is 4.32. The summed E-state index contributed by atoms with van der Waals surface area (Å²) < 4.78 is 3.65. The summed E-state index contributed by atoms with van der Waals surface area (Å²) in [6, 6.07) is 10.4. The van der Waals surface area contributed by atoms with Crippen LogP contribution in [-0.2, 0) is 26.1 Å². The van der Waals surface area contributed by atoms with Crippen LogP contribution in [0.5, 0.6) is 0 Å². The van der Waals surface area contributed by atoms with Gasteiger partial charge in [0.15, 0.2) is 0 Å². The lowest BCUT2D eigenvalue weighted by molar-refractivity contribution is 0.0938. The van der Waals surface area contributed by atoms with Crippen LogP contribution in [0.3, 0.4) is 0 Å². The number of nitrogens with one attached hydrogen (secondary N) is 1. The van der Waals surface area contributed by atoms with E-state index in [0.29, 0.717) is 18.8 Å². The fraction of sp³-hybridized carbons (Fsp3) is 0.333. The maximum Gasteiger partial charge on any atom is 0.271 e. The molecule has 0 aliphatic carbocycles. The van der Waals surface area contributed by atoms with E-state index in [4.69, 9.17) is 0 Å². The van der Waals surface area contributed by atoms with Gasteiger partial charge in [0.2, 0.25) is 0 Å². The number of carbonyl (C=O) groups is 1. The molecular weight excluding hydrogens is 316 g/mol. The number of rotatable bonds is 8. The molecule has 3 rings (SSSR count). The smallest absolute Gasteiger partial charge is 0.271 e. The molecule has 0 radical (unpaired) electrons. The standard InChI is InChI=1S/C18H22N6O/c1-2-24-16(13-21-22-24)18(25)20-14-17-19-10-12-23(17)11-6-9-15-7-4-3-5-8-15/h3-5,7-8,10,12-13H,2,6,9,11,14H2,1H3,(H,20,25). The zero-order chi connectivity index (χ0) is 17.5. The molecule has 1 N–H and O–H groups in total. The zero-order valence-electron chi connectivity index (χ0n) is 14.3. The minimum Gasteiger partial charge on any atom is -0.343 e. The van der Waals surface area contributed by atoms with E-state index in [0.717, 1.165) is 25.2 Å². The summed E-state index contributed by atoms with van der Waals surface area (Å²) in [5.41, 5.74) is 1.79. The molecule has 25 heavy (non-hydrogen) atoms. The topological polar surface area (TPSA) is 77.6 Å². The Morgan fingerprint density at radius 3 is 2.88 bits per heavy atom. The molecule has 130 valence electrons. The highest BCUT2D eigenvalue weighted by molar-refractivity contribution is 5.92. The predicted molar refractivity (Wildman–Crippen MR) is 93.9 cm³/mol. The van der Waals surface area contributed by atoms with E-state index >= 15 is 0 Å². The minimum absolute atomic E-state index is 0.189. The van der Waals surface area contributed by atoms with Crippen molar-refractivity contribution in [1.29, 1.82) is 0 Å². The maximum atomic E-state index is 12.2. The lowest BCUT2D eigenvalue weighted by Crippen LogP contribution is -2.27. The largest absolute Gasteiger partial charge is 0.343 e. The molecule has 0 aliphatic rings. The van der Waals surface area contributed by atoms with E-state index in [1.54, 1.807) is 10.9 Å². The quantitative estimate of drug-likeness (QED) is 0.682. The second-order valence-electron chi connectivity index (χ2n) is 5.74. The monoisotopic (exact) mass is 338 g/mol. The first-order valence-electron chi connectivity index (χ1n) is 8.48. The van der Waals surface area contributed by atoms with Gasteiger partial charge >= 0.3 is 0 Å². The van der Waals surface area contributed by atoms with E-state index in [1.807, 2.05) is 19.2 Å². The van der Waals surface area contributed by atoms with Crippen LogP contribution in [0.1, 0.15) is 35.2 Å². The molecule has 0 unspecified atom stereocenters. The number of carbonyl (C=O) groups excluding carboxylic acids is 1. The van der Waals surface area contributed by atoms with Crippen molar-refractivity contribution in [2.24, 2.45) is 0 Å². The molecule has 0 aliphatic heterocycles. The van der Waals surface area contributed by atoms with Gasteiger partial charge in [-0.1, -0.05) is 35.5 Å². The highest BCUT2D eigenvalue weighted by atomic mass is 16.2. The molecule has 7 nitrogen and oxygen atoms in total. The summed E-state index contributed by atoms with van der Waals surface area (Å²) in [5.74, 6) is 0.655. The second kappa shape index (κ2) is 8.23. The Hall–Kier alpha value is -2.96. The minimum atomic E-state index is -0.189. The Morgan fingerprint density at radius 1 is 1.24 bits per heavy atom. The van der Waals surface area contributed by atoms with Crippen molar-refractivity contribution in [3.63, 3.8) is 0 Å². The fourth-order valence-corrected chi connectivity index (χ4v) is 2.73. The summed E-state index contributed by atoms with van der Waals surface area (Å²) in [4.78, 5) is 16.6. The molecule has 7 heteroatoms. The van der Waals surface area contributed by atoms with E-state index in [2.05, 4.69) is 49.4 Å². The maximum absolute atomic E-state index is 12.2. The Balaban J connectivity index is 1.52. The molecule has 3 aromatic rings. The van der Waals surface area contributed by atoms with Crippen LogP contribution in [0.4, 0.5) is 0 Å². The Bertz CT molecular complexity index is 808. The van der Waals surface area contributed by atoms with Gasteiger partial charge in [0, 0.05) is 25.5 Å². The Labute approximate surface area is 146 Å². The number of aryl methyl sites for hydroxylation is 3. The molecule has 0 atom stereocenters. The Kier molecular flexibility index (Phi) is 5.56. The summed E-state index contributed by atoms with van der Waals surface area (Å²) in [6.07, 6.45) is 7.23. The van der Waals surface area contributed by atoms with Gasteiger partial charge in [-0.3, -0.25) is 4.79 Å². The van der Waals surface area contributed by atoms with Gasteiger partial charge in [-0.2, -0.15) is 0 Å². The highest BCUT2D eigenvalue weighted by Gasteiger charge is 2.13. The number of hydrogen-bond donors (Lipinski definition) is 1. The average molecular weight is 338 g/mol. The number of hydrogen-bond acceptors (Lipinski definition) is 4. The third-order valence-corrected chi connectivity index (χ3v) is 4.07. The van der Waals surface area contributed by atoms with Crippen LogP contribution in [0.2, 0.25) is 0 Å². The number of benzene rings is 1. The second-order valence-corrected chi connectivity index (χ2v) is 5.74. The first-order valence-corrected chi connectivity index (χ1v) is 8.48. The third-order valence-electron chi connectivity index (χ3n) is 4.07. The van der Waals surface area contributed by atoms with Crippen molar-refractivity contribution < 1.29 is 4.79 Å². The van der Waals surface area contributed by atoms with Crippen molar-refractivity contribution in [1.82, 2.24) is 29.9 Å². The highest BCUT2D eigenvalue weighted by Crippen LogP contribution is 2.06. The molecule has 1 aromatic carbocycles. The number of nitrogens with zero attached hydrogens (tertiary/aromatic N) is 5. The Morgan fingerprint density at radius 2 is 2.08 bits per heavy atom. The van der Waals surface area contributed by atoms with Gasteiger partial charge in [-0.05, 0) is 25.3 Å². The van der Waals surface area contributed by atoms with E-state index in [1.165, 1.54) is 11.8 Å². The SMILES string of the molecule is CCn1nncc1C(=O)NCc1nccn1CCCc1ccccc1. The predicted octanol–water partition coefficient (Wildman–Crippen LogP) is 2.06. The fourth-order valence-electron chi connectivity index (χ4n) is 2.73. The van der Waals surface area contributed by atoms with Crippen molar-refractivity contribution in [2.75, 3.05) is 0 Å². The molecular formula is C18H22N6O. The van der Waals surface area contributed by atoms with Gasteiger partial charge in [-0.15, -0.1) is 5.10 Å². The van der Waals surface area contributed by atoms with Crippen molar-refractivity contribution >= 4 is 5.91 Å². The molecule has 1 amide bonds. The number of amides is 1. The van der Waals surface area contributed by atoms with Crippen LogP contribution in [0.15, 0.2) is 48.9 Å². The van der Waals surface area contributed by atoms with Crippen LogP contribution in [0.25, 0.3) is 0 Å². The summed E-state index contributed by atoms with van der Waals surface area (Å²) in [5, 5.41) is 10.5. The van der Waals surface area contributed by atoms with Crippen LogP contribution >= 0.6 is 0 Å². The van der Waals surface area contributed by atoms with Gasteiger partial charge in [0.25, 0.3) is 5.91 Å². The zero-order valence-corrected chi connectivity index (χ0v) is 14.3. The van der Waals surface area contributed by atoms with Crippen LogP contribution < -0.4 is 5.32 Å². The molecule has 2 aromatic heterocycles. The lowest BCUT2D eigenvalue weighted by Gasteiger charge is -2.09. The first kappa shape index (κ1) is 16.9. The van der Waals surface area contributed by atoms with Gasteiger partial charge in [-0.25, -0.2) is 9.67 Å². The van der Waals surface area contributed by atoms with Crippen molar-refractivity contribution in [3.8, 4) is 0 Å². The molecule has 2 heterocycles. The summed E-state index contributed by atoms with van der Waals surface area (Å²) >= 11 is 0. The lowest BCUT2D eigenvalue weighted by atomic mass is 10.1. The first-order chi connectivity index (χ1) is 12.3. The molecule has 0 fully saturated rings. The van der Waals surface area contributed by atoms with E-state index in [9.17, 15) is 4.79 Å². The van der Waals surface area contributed by atoms with Crippen molar-refractivity contribution in [3.05, 3.63) is 66.0 Å². The number of aromatic nitrogens is 5. The molecule has 0 saturated heterocycles. The number of imidazole rings is 1. The molecule has 0 spiro atoms. The molecule has 0 saturated carbocycles. The normalized spacial score (nSPS) is 10.8. The van der Waals surface area contributed by atoms with Crippen LogP contribution in [0, 0.1) is 0 Å². The van der Waals surface area contributed by atoms with E-state index < -0.39 is 0 Å². The van der Waals surface area contributed by atoms with E-state index in [-0.39, 0.29) is 5.91 Å². The molecule has 0 bridgehead atoms. The van der Waals surface area contributed by atoms with Crippen molar-refractivity contribution in [2.45, 2.75) is 39.4 Å². The average Bonchev–Trinajstić information content (AvgIpc) is 3.29. The van der Waals surface area contributed by atoms with Crippen LogP contribution in [-0.4, -0.2) is 30.5 Å². The van der Waals surface area contributed by atoms with Gasteiger partial charge in [0.05, 0.1) is 12.7 Å². The van der Waals surface area contributed by atoms with Gasteiger partial charge in [0.1, 0.15) is 11.5 Å².